The van der Waals surface area contributed by atoms with E-state index in [1.54, 1.807) is 23.2 Å². The molecule has 2 amide bonds. The minimum absolute atomic E-state index is 0.291. The van der Waals surface area contributed by atoms with Crippen molar-refractivity contribution < 1.29 is 14.3 Å². The van der Waals surface area contributed by atoms with E-state index in [4.69, 9.17) is 4.74 Å². The molecule has 184 valence electrons. The number of carbonyl (C=O) groups is 2. The van der Waals surface area contributed by atoms with Crippen molar-refractivity contribution >= 4 is 35.3 Å². The van der Waals surface area contributed by atoms with Crippen LogP contribution in [0, 0.1) is 11.3 Å². The maximum Gasteiger partial charge on any atom is 0.410 e. The average molecular weight is 495 g/mol. The van der Waals surface area contributed by atoms with Gasteiger partial charge < -0.3 is 19.9 Å². The molecule has 0 unspecified atom stereocenters. The zero-order valence-electron chi connectivity index (χ0n) is 20.5. The lowest BCUT2D eigenvalue weighted by Gasteiger charge is -2.36. The van der Waals surface area contributed by atoms with Crippen LogP contribution in [0.2, 0.25) is 0 Å². The first-order chi connectivity index (χ1) is 16.7. The van der Waals surface area contributed by atoms with Gasteiger partial charge in [-0.25, -0.2) is 14.8 Å². The summed E-state index contributed by atoms with van der Waals surface area (Å²) in [6, 6.07) is 7.52. The van der Waals surface area contributed by atoms with E-state index in [1.807, 2.05) is 33.1 Å². The third-order valence-corrected chi connectivity index (χ3v) is 6.52. The second-order valence-corrected chi connectivity index (χ2v) is 10.5. The molecule has 2 aromatic heterocycles. The number of carbonyl (C=O) groups excluding carboxylic acids is 2. The van der Waals surface area contributed by atoms with E-state index in [2.05, 4.69) is 26.3 Å². The Balaban J connectivity index is 1.40. The van der Waals surface area contributed by atoms with Crippen LogP contribution in [0.15, 0.2) is 29.4 Å². The topological polar surface area (TPSA) is 111 Å². The Morgan fingerprint density at radius 2 is 1.91 bits per heavy atom. The SMILES string of the molecule is CSc1nc(C2CC2)cc(C(=O)Nc2ccc(N3CCN(C(=O)OC(C)(C)C)CC3)cn2)c1C#N. The van der Waals surface area contributed by atoms with Gasteiger partial charge in [-0.1, -0.05) is 0 Å². The van der Waals surface area contributed by atoms with Crippen LogP contribution in [0.25, 0.3) is 0 Å². The van der Waals surface area contributed by atoms with Crippen LogP contribution in [0.3, 0.4) is 0 Å². The Bertz CT molecular complexity index is 1140. The number of thioether (sulfide) groups is 1. The summed E-state index contributed by atoms with van der Waals surface area (Å²) in [4.78, 5) is 38.2. The Kier molecular flexibility index (Phi) is 7.17. The minimum atomic E-state index is -0.515. The molecule has 2 fully saturated rings. The zero-order chi connectivity index (χ0) is 25.2. The highest BCUT2D eigenvalue weighted by atomic mass is 32.2. The molecule has 0 spiro atoms. The molecule has 0 radical (unpaired) electrons. The molecule has 35 heavy (non-hydrogen) atoms. The average Bonchev–Trinajstić information content (AvgIpc) is 3.68. The van der Waals surface area contributed by atoms with Crippen molar-refractivity contribution in [2.45, 2.75) is 50.2 Å². The number of pyridine rings is 2. The molecule has 1 saturated heterocycles. The highest BCUT2D eigenvalue weighted by Crippen LogP contribution is 2.40. The molecule has 3 heterocycles. The van der Waals surface area contributed by atoms with Gasteiger partial charge in [-0.3, -0.25) is 4.79 Å². The molecule has 9 nitrogen and oxygen atoms in total. The molecule has 1 saturated carbocycles. The lowest BCUT2D eigenvalue weighted by atomic mass is 10.1. The number of hydrogen-bond acceptors (Lipinski definition) is 8. The van der Waals surface area contributed by atoms with Crippen molar-refractivity contribution in [1.29, 1.82) is 5.26 Å². The van der Waals surface area contributed by atoms with Gasteiger partial charge in [-0.2, -0.15) is 5.26 Å². The van der Waals surface area contributed by atoms with Crippen molar-refractivity contribution in [3.05, 3.63) is 41.2 Å². The molecule has 0 aromatic carbocycles. The molecule has 4 rings (SSSR count). The Hall–Kier alpha value is -3.32. The quantitative estimate of drug-likeness (QED) is 0.614. The van der Waals surface area contributed by atoms with Crippen LogP contribution < -0.4 is 10.2 Å². The molecule has 0 atom stereocenters. The predicted octanol–water partition coefficient (Wildman–Crippen LogP) is 4.26. The Morgan fingerprint density at radius 3 is 2.46 bits per heavy atom. The summed E-state index contributed by atoms with van der Waals surface area (Å²) < 4.78 is 5.45. The lowest BCUT2D eigenvalue weighted by molar-refractivity contribution is 0.0240. The van der Waals surface area contributed by atoms with E-state index in [0.29, 0.717) is 54.1 Å². The van der Waals surface area contributed by atoms with Crippen LogP contribution in [0.5, 0.6) is 0 Å². The highest BCUT2D eigenvalue weighted by Gasteiger charge is 2.29. The minimum Gasteiger partial charge on any atom is -0.444 e. The third-order valence-electron chi connectivity index (χ3n) is 5.84. The first kappa shape index (κ1) is 24.8. The van der Waals surface area contributed by atoms with Crippen molar-refractivity contribution in [1.82, 2.24) is 14.9 Å². The van der Waals surface area contributed by atoms with Crippen LogP contribution in [-0.4, -0.2) is 64.9 Å². The Labute approximate surface area is 209 Å². The second-order valence-electron chi connectivity index (χ2n) is 9.68. The molecular formula is C25H30N6O3S. The van der Waals surface area contributed by atoms with Gasteiger partial charge >= 0.3 is 6.09 Å². The van der Waals surface area contributed by atoms with E-state index < -0.39 is 5.60 Å². The molecule has 2 aromatic rings. The van der Waals surface area contributed by atoms with Gasteiger partial charge in [0.05, 0.1) is 23.0 Å². The van der Waals surface area contributed by atoms with Gasteiger partial charge in [-0.15, -0.1) is 11.8 Å². The number of nitriles is 1. The van der Waals surface area contributed by atoms with Crippen LogP contribution >= 0.6 is 11.8 Å². The summed E-state index contributed by atoms with van der Waals surface area (Å²) in [7, 11) is 0. The molecule has 0 bridgehead atoms. The molecule has 1 aliphatic carbocycles. The van der Waals surface area contributed by atoms with Crippen molar-refractivity contribution in [3.8, 4) is 6.07 Å². The highest BCUT2D eigenvalue weighted by molar-refractivity contribution is 7.98. The summed E-state index contributed by atoms with van der Waals surface area (Å²) in [6.45, 7) is 8.03. The standard InChI is InChI=1S/C25H30N6O3S/c1-25(2,3)34-24(33)31-11-9-30(10-12-31)17-7-8-21(27-15-17)29-22(32)18-13-20(16-5-6-16)28-23(35-4)19(18)14-26/h7-8,13,15-16H,5-6,9-12H2,1-4H3,(H,27,29,32). The van der Waals surface area contributed by atoms with E-state index in [-0.39, 0.29) is 12.0 Å². The first-order valence-corrected chi connectivity index (χ1v) is 12.9. The monoisotopic (exact) mass is 494 g/mol. The van der Waals surface area contributed by atoms with Gasteiger partial charge in [0, 0.05) is 37.8 Å². The molecule has 1 N–H and O–H groups in total. The van der Waals surface area contributed by atoms with Crippen LogP contribution in [-0.2, 0) is 4.74 Å². The largest absolute Gasteiger partial charge is 0.444 e. The number of nitrogens with zero attached hydrogens (tertiary/aromatic N) is 5. The summed E-state index contributed by atoms with van der Waals surface area (Å²) in [6.07, 6.45) is 5.39. The number of rotatable bonds is 5. The number of nitrogens with one attached hydrogen (secondary N) is 1. The number of ether oxygens (including phenoxy) is 1. The summed E-state index contributed by atoms with van der Waals surface area (Å²) in [5.74, 6) is 0.409. The smallest absolute Gasteiger partial charge is 0.410 e. The summed E-state index contributed by atoms with van der Waals surface area (Å²) in [5.41, 5.74) is 1.89. The van der Waals surface area contributed by atoms with E-state index in [0.717, 1.165) is 24.2 Å². The maximum atomic E-state index is 13.0. The van der Waals surface area contributed by atoms with Gasteiger partial charge in [0.2, 0.25) is 0 Å². The predicted molar refractivity (Wildman–Crippen MR) is 135 cm³/mol. The maximum absolute atomic E-state index is 13.0. The number of piperazine rings is 1. The van der Waals surface area contributed by atoms with Gasteiger partial charge in [0.1, 0.15) is 22.5 Å². The number of amides is 2. The first-order valence-electron chi connectivity index (χ1n) is 11.7. The molecule has 1 aliphatic heterocycles. The lowest BCUT2D eigenvalue weighted by Crippen LogP contribution is -2.50. The molecule has 2 aliphatic rings. The van der Waals surface area contributed by atoms with Crippen molar-refractivity contribution in [2.75, 3.05) is 42.7 Å². The van der Waals surface area contributed by atoms with Crippen molar-refractivity contribution in [3.63, 3.8) is 0 Å². The summed E-state index contributed by atoms with van der Waals surface area (Å²) in [5, 5.41) is 13.0. The zero-order valence-corrected chi connectivity index (χ0v) is 21.3. The van der Waals surface area contributed by atoms with Gasteiger partial charge in [0.25, 0.3) is 5.91 Å². The molecule has 10 heteroatoms. The van der Waals surface area contributed by atoms with Crippen LogP contribution in [0.1, 0.15) is 61.1 Å². The fourth-order valence-electron chi connectivity index (χ4n) is 3.87. The fourth-order valence-corrected chi connectivity index (χ4v) is 4.42. The second kappa shape index (κ2) is 10.1. The number of anilines is 2. The normalized spacial score (nSPS) is 16.0. The molecular weight excluding hydrogens is 464 g/mol. The van der Waals surface area contributed by atoms with E-state index in [1.165, 1.54) is 11.8 Å². The van der Waals surface area contributed by atoms with Crippen molar-refractivity contribution in [2.24, 2.45) is 0 Å². The van der Waals surface area contributed by atoms with Gasteiger partial charge in [0.15, 0.2) is 0 Å². The van der Waals surface area contributed by atoms with Gasteiger partial charge in [-0.05, 0) is 58.1 Å². The van der Waals surface area contributed by atoms with Crippen LogP contribution in [0.4, 0.5) is 16.3 Å². The van der Waals surface area contributed by atoms with E-state index >= 15 is 0 Å². The van der Waals surface area contributed by atoms with E-state index in [9.17, 15) is 14.9 Å². The number of hydrogen-bond donors (Lipinski definition) is 1. The third kappa shape index (κ3) is 6.03. The Morgan fingerprint density at radius 1 is 1.20 bits per heavy atom. The fraction of sp³-hybridized carbons (Fsp3) is 0.480. The summed E-state index contributed by atoms with van der Waals surface area (Å²) >= 11 is 1.37. The number of aromatic nitrogens is 2.